The SMILES string of the molecule is CN(C)CCCOc1ccc(-c2ccc3nc(N)nc(NN)c3c2)cn1. The molecule has 0 unspecified atom stereocenters. The molecule has 0 aliphatic rings. The number of aromatic nitrogens is 3. The molecule has 0 spiro atoms. The molecule has 3 rings (SSSR count). The Balaban J connectivity index is 1.77. The first-order valence-corrected chi connectivity index (χ1v) is 8.34. The van der Waals surface area contributed by atoms with Gasteiger partial charge < -0.3 is 20.8 Å². The second kappa shape index (κ2) is 7.94. The van der Waals surface area contributed by atoms with Gasteiger partial charge in [0.05, 0.1) is 12.1 Å². The van der Waals surface area contributed by atoms with Gasteiger partial charge in [0.1, 0.15) is 0 Å². The summed E-state index contributed by atoms with van der Waals surface area (Å²) in [5.74, 6) is 6.83. The molecule has 8 nitrogen and oxygen atoms in total. The summed E-state index contributed by atoms with van der Waals surface area (Å²) in [6.07, 6.45) is 2.75. The summed E-state index contributed by atoms with van der Waals surface area (Å²) in [6, 6.07) is 9.65. The highest BCUT2D eigenvalue weighted by Crippen LogP contribution is 2.27. The minimum Gasteiger partial charge on any atom is -0.478 e. The maximum atomic E-state index is 5.69. The van der Waals surface area contributed by atoms with Gasteiger partial charge in [0.25, 0.3) is 0 Å². The summed E-state index contributed by atoms with van der Waals surface area (Å²) in [6.45, 7) is 1.63. The van der Waals surface area contributed by atoms with Crippen molar-refractivity contribution in [1.29, 1.82) is 0 Å². The van der Waals surface area contributed by atoms with Crippen molar-refractivity contribution in [1.82, 2.24) is 19.9 Å². The minimum absolute atomic E-state index is 0.177. The van der Waals surface area contributed by atoms with Crippen LogP contribution >= 0.6 is 0 Å². The quantitative estimate of drug-likeness (QED) is 0.335. The van der Waals surface area contributed by atoms with Gasteiger partial charge in [-0.2, -0.15) is 4.98 Å². The number of nitrogens with two attached hydrogens (primary N) is 2. The summed E-state index contributed by atoms with van der Waals surface area (Å²) >= 11 is 0. The molecular weight excluding hydrogens is 330 g/mol. The summed E-state index contributed by atoms with van der Waals surface area (Å²) in [7, 11) is 4.09. The third-order valence-corrected chi connectivity index (χ3v) is 3.92. The van der Waals surface area contributed by atoms with Crippen LogP contribution in [-0.4, -0.2) is 47.1 Å². The van der Waals surface area contributed by atoms with Gasteiger partial charge in [-0.25, -0.2) is 15.8 Å². The topological polar surface area (TPSA) is 115 Å². The van der Waals surface area contributed by atoms with Gasteiger partial charge in [-0.15, -0.1) is 0 Å². The second-order valence-corrected chi connectivity index (χ2v) is 6.20. The van der Waals surface area contributed by atoms with E-state index in [4.69, 9.17) is 16.3 Å². The number of hydrogen-bond donors (Lipinski definition) is 3. The molecule has 5 N–H and O–H groups in total. The Bertz CT molecular complexity index is 881. The molecule has 26 heavy (non-hydrogen) atoms. The summed E-state index contributed by atoms with van der Waals surface area (Å²) in [4.78, 5) is 14.8. The highest BCUT2D eigenvalue weighted by Gasteiger charge is 2.08. The van der Waals surface area contributed by atoms with E-state index in [1.54, 1.807) is 6.20 Å². The van der Waals surface area contributed by atoms with E-state index in [0.29, 0.717) is 18.3 Å². The molecule has 8 heteroatoms. The minimum atomic E-state index is 0.177. The van der Waals surface area contributed by atoms with Gasteiger partial charge in [-0.3, -0.25) is 0 Å². The first kappa shape index (κ1) is 17.8. The van der Waals surface area contributed by atoms with Crippen LogP contribution in [-0.2, 0) is 0 Å². The zero-order valence-electron chi connectivity index (χ0n) is 14.9. The van der Waals surface area contributed by atoms with E-state index in [-0.39, 0.29) is 5.95 Å². The lowest BCUT2D eigenvalue weighted by atomic mass is 10.1. The Morgan fingerprint density at radius 3 is 2.62 bits per heavy atom. The van der Waals surface area contributed by atoms with Gasteiger partial charge in [-0.05, 0) is 44.3 Å². The van der Waals surface area contributed by atoms with Crippen molar-refractivity contribution in [2.45, 2.75) is 6.42 Å². The number of ether oxygens (including phenoxy) is 1. The number of nitrogen functional groups attached to an aromatic ring is 2. The normalized spacial score (nSPS) is 11.1. The molecular formula is C18H23N7O. The van der Waals surface area contributed by atoms with Crippen LogP contribution in [0, 0.1) is 0 Å². The van der Waals surface area contributed by atoms with E-state index < -0.39 is 0 Å². The number of hydrazine groups is 1. The molecule has 0 amide bonds. The van der Waals surface area contributed by atoms with Gasteiger partial charge in [0, 0.05) is 29.8 Å². The van der Waals surface area contributed by atoms with Crippen LogP contribution in [0.3, 0.4) is 0 Å². The highest BCUT2D eigenvalue weighted by atomic mass is 16.5. The molecule has 3 aromatic rings. The zero-order chi connectivity index (χ0) is 18.5. The Morgan fingerprint density at radius 2 is 1.92 bits per heavy atom. The van der Waals surface area contributed by atoms with Crippen molar-refractivity contribution < 1.29 is 4.74 Å². The van der Waals surface area contributed by atoms with Gasteiger partial charge in [-0.1, -0.05) is 6.07 Å². The molecule has 0 fully saturated rings. The van der Waals surface area contributed by atoms with Gasteiger partial charge in [0.15, 0.2) is 5.82 Å². The summed E-state index contributed by atoms with van der Waals surface area (Å²) < 4.78 is 5.67. The molecule has 2 heterocycles. The third-order valence-electron chi connectivity index (χ3n) is 3.92. The number of pyridine rings is 1. The van der Waals surface area contributed by atoms with Gasteiger partial charge >= 0.3 is 0 Å². The van der Waals surface area contributed by atoms with Crippen LogP contribution < -0.4 is 21.7 Å². The molecule has 0 bridgehead atoms. The number of rotatable bonds is 7. The van der Waals surface area contributed by atoms with Crippen LogP contribution in [0.2, 0.25) is 0 Å². The summed E-state index contributed by atoms with van der Waals surface area (Å²) in [5, 5.41) is 0.795. The van der Waals surface area contributed by atoms with Crippen molar-refractivity contribution >= 4 is 22.7 Å². The van der Waals surface area contributed by atoms with Crippen molar-refractivity contribution in [2.75, 3.05) is 38.4 Å². The lowest BCUT2D eigenvalue weighted by Gasteiger charge is -2.10. The zero-order valence-corrected chi connectivity index (χ0v) is 14.9. The highest BCUT2D eigenvalue weighted by molar-refractivity contribution is 5.93. The van der Waals surface area contributed by atoms with E-state index >= 15 is 0 Å². The number of hydrogen-bond acceptors (Lipinski definition) is 8. The fourth-order valence-electron chi connectivity index (χ4n) is 2.63. The third kappa shape index (κ3) is 4.16. The Morgan fingerprint density at radius 1 is 1.12 bits per heavy atom. The van der Waals surface area contributed by atoms with Crippen molar-refractivity contribution in [3.63, 3.8) is 0 Å². The molecule has 0 aliphatic heterocycles. The first-order valence-electron chi connectivity index (χ1n) is 8.34. The van der Waals surface area contributed by atoms with Gasteiger partial charge in [0.2, 0.25) is 11.8 Å². The van der Waals surface area contributed by atoms with Crippen molar-refractivity contribution in [3.8, 4) is 17.0 Å². The van der Waals surface area contributed by atoms with Crippen LogP contribution in [0.5, 0.6) is 5.88 Å². The van der Waals surface area contributed by atoms with Crippen LogP contribution in [0.25, 0.3) is 22.0 Å². The maximum absolute atomic E-state index is 5.69. The van der Waals surface area contributed by atoms with Crippen molar-refractivity contribution in [3.05, 3.63) is 36.5 Å². The second-order valence-electron chi connectivity index (χ2n) is 6.20. The van der Waals surface area contributed by atoms with E-state index in [1.807, 2.05) is 44.4 Å². The molecule has 2 aromatic heterocycles. The number of anilines is 2. The molecule has 0 saturated heterocycles. The number of benzene rings is 1. The Kier molecular flexibility index (Phi) is 5.45. The average molecular weight is 353 g/mol. The molecule has 0 aliphatic carbocycles. The fourth-order valence-corrected chi connectivity index (χ4v) is 2.63. The van der Waals surface area contributed by atoms with E-state index in [0.717, 1.165) is 35.0 Å². The largest absolute Gasteiger partial charge is 0.478 e. The smallest absolute Gasteiger partial charge is 0.222 e. The monoisotopic (exact) mass is 353 g/mol. The van der Waals surface area contributed by atoms with Crippen LogP contribution in [0.4, 0.5) is 11.8 Å². The molecule has 1 aromatic carbocycles. The number of fused-ring (bicyclic) bond motifs is 1. The summed E-state index contributed by atoms with van der Waals surface area (Å²) in [5.41, 5.74) is 10.9. The number of nitrogens with one attached hydrogen (secondary N) is 1. The number of nitrogens with zero attached hydrogens (tertiary/aromatic N) is 4. The Hall–Kier alpha value is -2.97. The average Bonchev–Trinajstić information content (AvgIpc) is 2.64. The first-order chi connectivity index (χ1) is 12.6. The molecule has 0 radical (unpaired) electrons. The molecule has 0 saturated carbocycles. The van der Waals surface area contributed by atoms with Crippen molar-refractivity contribution in [2.24, 2.45) is 5.84 Å². The van der Waals surface area contributed by atoms with Crippen LogP contribution in [0.15, 0.2) is 36.5 Å². The lowest BCUT2D eigenvalue weighted by Crippen LogP contribution is -2.15. The fraction of sp³-hybridized carbons (Fsp3) is 0.278. The van der Waals surface area contributed by atoms with E-state index in [9.17, 15) is 0 Å². The van der Waals surface area contributed by atoms with E-state index in [2.05, 4.69) is 25.3 Å². The van der Waals surface area contributed by atoms with E-state index in [1.165, 1.54) is 0 Å². The predicted octanol–water partition coefficient (Wildman–Crippen LogP) is 1.89. The predicted molar refractivity (Wildman–Crippen MR) is 104 cm³/mol. The molecule has 136 valence electrons. The lowest BCUT2D eigenvalue weighted by molar-refractivity contribution is 0.273. The van der Waals surface area contributed by atoms with Crippen LogP contribution in [0.1, 0.15) is 6.42 Å². The maximum Gasteiger partial charge on any atom is 0.222 e. The standard InChI is InChI=1S/C18H23N7O/c1-25(2)8-3-9-26-16-7-5-13(11-21-16)12-4-6-15-14(10-12)17(24-20)23-18(19)22-15/h4-7,10-11H,3,8-9,20H2,1-2H3,(H3,19,22,23,24). The Labute approximate surface area is 152 Å². The molecule has 0 atom stereocenters.